The predicted molar refractivity (Wildman–Crippen MR) is 107 cm³/mol. The van der Waals surface area contributed by atoms with Crippen LogP contribution in [0.1, 0.15) is 48.8 Å². The summed E-state index contributed by atoms with van der Waals surface area (Å²) in [5.74, 6) is -0.548. The molecule has 0 aromatic carbocycles. The molecule has 0 radical (unpaired) electrons. The van der Waals surface area contributed by atoms with Crippen LogP contribution in [0.3, 0.4) is 0 Å². The molecule has 0 aliphatic heterocycles. The van der Waals surface area contributed by atoms with E-state index in [9.17, 15) is 9.90 Å². The lowest BCUT2D eigenvalue weighted by atomic mass is 9.91. The van der Waals surface area contributed by atoms with Crippen LogP contribution < -0.4 is 0 Å². The van der Waals surface area contributed by atoms with Gasteiger partial charge in [-0.05, 0) is 68.6 Å². The van der Waals surface area contributed by atoms with E-state index < -0.39 is 11.6 Å². The Balaban J connectivity index is 1.67. The number of thiophene rings is 2. The predicted octanol–water partition coefficient (Wildman–Crippen LogP) is 4.24. The molecular weight excluding hydrogens is 366 g/mol. The number of esters is 1. The molecule has 26 heavy (non-hydrogen) atoms. The zero-order valence-corrected chi connectivity index (χ0v) is 17.0. The Bertz CT molecular complexity index is 642. The third kappa shape index (κ3) is 4.03. The summed E-state index contributed by atoms with van der Waals surface area (Å²) >= 11 is 2.75. The number of hydrogen-bond acceptors (Lipinski definition) is 6. The lowest BCUT2D eigenvalue weighted by molar-refractivity contribution is -0.169. The van der Waals surface area contributed by atoms with E-state index in [1.807, 2.05) is 22.9 Å². The van der Waals surface area contributed by atoms with E-state index in [-0.39, 0.29) is 6.10 Å². The minimum absolute atomic E-state index is 0.111. The summed E-state index contributed by atoms with van der Waals surface area (Å²) in [6, 6.07) is 7.85. The number of aliphatic hydroxyl groups is 1. The Morgan fingerprint density at radius 3 is 2.23 bits per heavy atom. The molecule has 6 heteroatoms. The topological polar surface area (TPSA) is 49.8 Å². The summed E-state index contributed by atoms with van der Waals surface area (Å²) < 4.78 is 5.80. The smallest absolute Gasteiger partial charge is 0.349 e. The molecule has 0 spiro atoms. The van der Waals surface area contributed by atoms with Crippen molar-refractivity contribution in [2.24, 2.45) is 0 Å². The van der Waals surface area contributed by atoms with Crippen molar-refractivity contribution in [1.29, 1.82) is 0 Å². The minimum atomic E-state index is -1.70. The summed E-state index contributed by atoms with van der Waals surface area (Å²) in [7, 11) is 2.17. The summed E-state index contributed by atoms with van der Waals surface area (Å²) in [6.07, 6.45) is 4.82. The molecule has 1 fully saturated rings. The van der Waals surface area contributed by atoms with E-state index in [1.54, 1.807) is 12.1 Å². The molecule has 1 saturated carbocycles. The molecule has 3 rings (SSSR count). The van der Waals surface area contributed by atoms with E-state index in [0.717, 1.165) is 38.6 Å². The van der Waals surface area contributed by atoms with Crippen LogP contribution in [0.4, 0.5) is 0 Å². The normalized spacial score (nSPS) is 21.1. The highest BCUT2D eigenvalue weighted by atomic mass is 32.1. The maximum Gasteiger partial charge on any atom is 0.349 e. The van der Waals surface area contributed by atoms with Gasteiger partial charge in [0.15, 0.2) is 0 Å². The zero-order valence-electron chi connectivity index (χ0n) is 15.4. The molecule has 2 heterocycles. The molecule has 0 bridgehead atoms. The van der Waals surface area contributed by atoms with Crippen molar-refractivity contribution >= 4 is 28.6 Å². The second kappa shape index (κ2) is 8.65. The van der Waals surface area contributed by atoms with E-state index in [4.69, 9.17) is 4.74 Å². The van der Waals surface area contributed by atoms with Gasteiger partial charge in [-0.2, -0.15) is 0 Å². The molecule has 2 aromatic heterocycles. The van der Waals surface area contributed by atoms with Gasteiger partial charge in [-0.25, -0.2) is 4.79 Å². The Labute approximate surface area is 163 Å². The van der Waals surface area contributed by atoms with Crippen LogP contribution in [0, 0.1) is 0 Å². The third-order valence-corrected chi connectivity index (χ3v) is 7.13. The van der Waals surface area contributed by atoms with Crippen LogP contribution in [0.25, 0.3) is 0 Å². The summed E-state index contributed by atoms with van der Waals surface area (Å²) in [5.41, 5.74) is -1.70. The number of carbonyl (C=O) groups is 1. The quantitative estimate of drug-likeness (QED) is 0.715. The molecule has 1 aliphatic rings. The van der Waals surface area contributed by atoms with Crippen LogP contribution in [0.15, 0.2) is 35.0 Å². The van der Waals surface area contributed by atoms with Crippen LogP contribution in [0.5, 0.6) is 0 Å². The van der Waals surface area contributed by atoms with Crippen molar-refractivity contribution in [3.63, 3.8) is 0 Å². The molecule has 0 saturated heterocycles. The first kappa shape index (κ1) is 19.5. The first-order valence-corrected chi connectivity index (χ1v) is 11.0. The number of carbonyl (C=O) groups excluding carboxylic acids is 1. The van der Waals surface area contributed by atoms with E-state index in [2.05, 4.69) is 18.9 Å². The Morgan fingerprint density at radius 2 is 1.77 bits per heavy atom. The van der Waals surface area contributed by atoms with Crippen molar-refractivity contribution in [3.8, 4) is 0 Å². The SMILES string of the molecule is CCCN(C)[C@H]1CC[C@H](OC(=O)C(O)(c2cccs2)c2cccs2)CC1. The average molecular weight is 394 g/mol. The van der Waals surface area contributed by atoms with Gasteiger partial charge in [0, 0.05) is 6.04 Å². The molecular formula is C20H27NO3S2. The van der Waals surface area contributed by atoms with Gasteiger partial charge < -0.3 is 14.7 Å². The number of ether oxygens (including phenoxy) is 1. The van der Waals surface area contributed by atoms with Crippen molar-refractivity contribution in [2.75, 3.05) is 13.6 Å². The first-order valence-electron chi connectivity index (χ1n) is 9.27. The third-order valence-electron chi connectivity index (χ3n) is 5.17. The van der Waals surface area contributed by atoms with Crippen LogP contribution in [-0.4, -0.2) is 41.7 Å². The number of hydrogen-bond donors (Lipinski definition) is 1. The molecule has 0 atom stereocenters. The van der Waals surface area contributed by atoms with Gasteiger partial charge in [-0.1, -0.05) is 19.1 Å². The molecule has 142 valence electrons. The maximum absolute atomic E-state index is 13.0. The van der Waals surface area contributed by atoms with Crippen LogP contribution in [-0.2, 0) is 15.1 Å². The van der Waals surface area contributed by atoms with E-state index >= 15 is 0 Å². The van der Waals surface area contributed by atoms with Crippen LogP contribution in [0.2, 0.25) is 0 Å². The standard InChI is InChI=1S/C20H27NO3S2/c1-3-12-21(2)15-8-10-16(11-9-15)24-19(22)20(23,17-6-4-13-25-17)18-7-5-14-26-18/h4-7,13-16,23H,3,8-12H2,1-2H3/t15-,16-. The first-order chi connectivity index (χ1) is 12.6. The minimum Gasteiger partial charge on any atom is -0.460 e. The van der Waals surface area contributed by atoms with E-state index in [1.165, 1.54) is 22.7 Å². The largest absolute Gasteiger partial charge is 0.460 e. The fourth-order valence-corrected chi connectivity index (χ4v) is 5.38. The monoisotopic (exact) mass is 393 g/mol. The zero-order chi connectivity index (χ0) is 18.6. The maximum atomic E-state index is 13.0. The Morgan fingerprint density at radius 1 is 1.19 bits per heavy atom. The van der Waals surface area contributed by atoms with Gasteiger partial charge in [0.2, 0.25) is 5.60 Å². The summed E-state index contributed by atoms with van der Waals surface area (Å²) in [5, 5.41) is 15.0. The van der Waals surface area contributed by atoms with Gasteiger partial charge in [0.05, 0.1) is 9.75 Å². The fourth-order valence-electron chi connectivity index (χ4n) is 3.67. The number of nitrogens with zero attached hydrogens (tertiary/aromatic N) is 1. The van der Waals surface area contributed by atoms with Crippen molar-refractivity contribution in [1.82, 2.24) is 4.90 Å². The van der Waals surface area contributed by atoms with Gasteiger partial charge in [-0.15, -0.1) is 22.7 Å². The van der Waals surface area contributed by atoms with Crippen molar-refractivity contribution < 1.29 is 14.6 Å². The Hall–Kier alpha value is -1.21. The fraction of sp³-hybridized carbons (Fsp3) is 0.550. The second-order valence-electron chi connectivity index (χ2n) is 6.98. The van der Waals surface area contributed by atoms with Crippen molar-refractivity contribution in [2.45, 2.75) is 56.8 Å². The molecule has 1 N–H and O–H groups in total. The number of rotatable bonds is 7. The lowest BCUT2D eigenvalue weighted by Gasteiger charge is -2.35. The highest BCUT2D eigenvalue weighted by Crippen LogP contribution is 2.38. The summed E-state index contributed by atoms with van der Waals surface area (Å²) in [6.45, 7) is 3.30. The van der Waals surface area contributed by atoms with Crippen LogP contribution >= 0.6 is 22.7 Å². The average Bonchev–Trinajstić information content (AvgIpc) is 3.36. The van der Waals surface area contributed by atoms with Gasteiger partial charge >= 0.3 is 5.97 Å². The second-order valence-corrected chi connectivity index (χ2v) is 8.88. The molecule has 1 aliphatic carbocycles. The van der Waals surface area contributed by atoms with Crippen molar-refractivity contribution in [3.05, 3.63) is 44.8 Å². The highest BCUT2D eigenvalue weighted by molar-refractivity contribution is 7.12. The molecule has 0 unspecified atom stereocenters. The lowest BCUT2D eigenvalue weighted by Crippen LogP contribution is -2.42. The molecule has 0 amide bonds. The van der Waals surface area contributed by atoms with Gasteiger partial charge in [0.1, 0.15) is 6.10 Å². The summed E-state index contributed by atoms with van der Waals surface area (Å²) in [4.78, 5) is 16.6. The van der Waals surface area contributed by atoms with Gasteiger partial charge in [-0.3, -0.25) is 0 Å². The Kier molecular flexibility index (Phi) is 6.51. The van der Waals surface area contributed by atoms with E-state index in [0.29, 0.717) is 15.8 Å². The molecule has 2 aromatic rings. The molecule has 4 nitrogen and oxygen atoms in total. The highest BCUT2D eigenvalue weighted by Gasteiger charge is 2.45. The van der Waals surface area contributed by atoms with Gasteiger partial charge in [0.25, 0.3) is 0 Å².